The lowest BCUT2D eigenvalue weighted by atomic mass is 10.1. The first-order valence-corrected chi connectivity index (χ1v) is 7.92. The van der Waals surface area contributed by atoms with E-state index in [1.54, 1.807) is 18.2 Å². The summed E-state index contributed by atoms with van der Waals surface area (Å²) in [5.74, 6) is 0. The molecule has 1 saturated heterocycles. The molecule has 0 aromatic heterocycles. The molecular weight excluding hydrogens is 284 g/mol. The van der Waals surface area contributed by atoms with Crippen LogP contribution in [0.4, 0.5) is 0 Å². The summed E-state index contributed by atoms with van der Waals surface area (Å²) in [7, 11) is -3.37. The van der Waals surface area contributed by atoms with Crippen LogP contribution < -0.4 is 10.0 Å². The molecule has 0 atom stereocenters. The number of halogens is 1. The zero-order valence-electron chi connectivity index (χ0n) is 11.1. The van der Waals surface area contributed by atoms with Crippen LogP contribution >= 0.6 is 12.4 Å². The van der Waals surface area contributed by atoms with E-state index in [0.717, 1.165) is 37.9 Å². The molecule has 108 valence electrons. The molecule has 19 heavy (non-hydrogen) atoms. The molecule has 1 aliphatic heterocycles. The lowest BCUT2D eigenvalue weighted by molar-refractivity contribution is 0.427. The number of aryl methyl sites for hydroxylation is 1. The number of hydrogen-bond acceptors (Lipinski definition) is 3. The van der Waals surface area contributed by atoms with E-state index in [1.807, 2.05) is 13.0 Å². The number of benzene rings is 1. The molecule has 1 aromatic carbocycles. The topological polar surface area (TPSA) is 58.2 Å². The van der Waals surface area contributed by atoms with Crippen molar-refractivity contribution in [3.05, 3.63) is 29.8 Å². The van der Waals surface area contributed by atoms with E-state index in [9.17, 15) is 8.42 Å². The Bertz CT molecular complexity index is 499. The fourth-order valence-corrected chi connectivity index (χ4v) is 3.53. The minimum absolute atomic E-state index is 0. The quantitative estimate of drug-likeness (QED) is 0.890. The van der Waals surface area contributed by atoms with Crippen LogP contribution in [0.25, 0.3) is 0 Å². The summed E-state index contributed by atoms with van der Waals surface area (Å²) in [4.78, 5) is 0.375. The number of sulfonamides is 1. The van der Waals surface area contributed by atoms with Gasteiger partial charge in [-0.1, -0.05) is 19.1 Å². The third kappa shape index (κ3) is 4.45. The van der Waals surface area contributed by atoms with Gasteiger partial charge in [0.15, 0.2) is 0 Å². The van der Waals surface area contributed by atoms with Crippen LogP contribution in [0, 0.1) is 0 Å². The maximum absolute atomic E-state index is 12.2. The van der Waals surface area contributed by atoms with Gasteiger partial charge in [0.2, 0.25) is 10.0 Å². The van der Waals surface area contributed by atoms with E-state index in [4.69, 9.17) is 0 Å². The first-order chi connectivity index (χ1) is 8.62. The molecule has 1 aliphatic rings. The van der Waals surface area contributed by atoms with E-state index in [-0.39, 0.29) is 18.4 Å². The first-order valence-electron chi connectivity index (χ1n) is 6.44. The number of nitrogens with one attached hydrogen (secondary N) is 2. The van der Waals surface area contributed by atoms with Crippen molar-refractivity contribution in [3.63, 3.8) is 0 Å². The van der Waals surface area contributed by atoms with Crippen molar-refractivity contribution in [3.8, 4) is 0 Å². The van der Waals surface area contributed by atoms with Gasteiger partial charge in [-0.25, -0.2) is 13.1 Å². The molecule has 0 spiro atoms. The predicted molar refractivity (Wildman–Crippen MR) is 79.3 cm³/mol. The lowest BCUT2D eigenvalue weighted by Gasteiger charge is -2.23. The molecule has 0 amide bonds. The van der Waals surface area contributed by atoms with Crippen molar-refractivity contribution in [2.45, 2.75) is 37.1 Å². The van der Waals surface area contributed by atoms with Crippen molar-refractivity contribution >= 4 is 22.4 Å². The van der Waals surface area contributed by atoms with Crippen LogP contribution in [0.1, 0.15) is 25.3 Å². The highest BCUT2D eigenvalue weighted by molar-refractivity contribution is 7.89. The van der Waals surface area contributed by atoms with Gasteiger partial charge in [0.25, 0.3) is 0 Å². The predicted octanol–water partition coefficient (Wildman–Crippen LogP) is 1.70. The maximum Gasteiger partial charge on any atom is 0.240 e. The minimum Gasteiger partial charge on any atom is -0.317 e. The van der Waals surface area contributed by atoms with Crippen molar-refractivity contribution in [2.75, 3.05) is 13.1 Å². The molecule has 4 nitrogen and oxygen atoms in total. The molecule has 1 heterocycles. The van der Waals surface area contributed by atoms with Crippen molar-refractivity contribution in [2.24, 2.45) is 0 Å². The van der Waals surface area contributed by atoms with Crippen LogP contribution in [0.3, 0.4) is 0 Å². The molecule has 1 fully saturated rings. The van der Waals surface area contributed by atoms with E-state index in [2.05, 4.69) is 10.0 Å². The molecule has 0 saturated carbocycles. The first kappa shape index (κ1) is 16.4. The van der Waals surface area contributed by atoms with Gasteiger partial charge in [-0.3, -0.25) is 0 Å². The summed E-state index contributed by atoms with van der Waals surface area (Å²) in [6, 6.07) is 7.22. The summed E-state index contributed by atoms with van der Waals surface area (Å²) in [5.41, 5.74) is 1.04. The summed E-state index contributed by atoms with van der Waals surface area (Å²) >= 11 is 0. The number of piperidine rings is 1. The average Bonchev–Trinajstić information content (AvgIpc) is 2.39. The molecule has 0 unspecified atom stereocenters. The Morgan fingerprint density at radius 3 is 2.63 bits per heavy atom. The van der Waals surface area contributed by atoms with E-state index >= 15 is 0 Å². The van der Waals surface area contributed by atoms with Gasteiger partial charge >= 0.3 is 0 Å². The largest absolute Gasteiger partial charge is 0.317 e. The van der Waals surface area contributed by atoms with Crippen LogP contribution in [-0.4, -0.2) is 27.5 Å². The fourth-order valence-electron chi connectivity index (χ4n) is 2.16. The summed E-state index contributed by atoms with van der Waals surface area (Å²) in [6.45, 7) is 3.77. The summed E-state index contributed by atoms with van der Waals surface area (Å²) in [5, 5.41) is 3.22. The third-order valence-corrected chi connectivity index (χ3v) is 4.80. The Morgan fingerprint density at radius 2 is 2.00 bits per heavy atom. The van der Waals surface area contributed by atoms with Crippen LogP contribution in [0.5, 0.6) is 0 Å². The van der Waals surface area contributed by atoms with Crippen molar-refractivity contribution in [1.29, 1.82) is 0 Å². The Balaban J connectivity index is 0.00000180. The van der Waals surface area contributed by atoms with Gasteiger partial charge in [-0.15, -0.1) is 12.4 Å². The van der Waals surface area contributed by atoms with Gasteiger partial charge < -0.3 is 5.32 Å². The second kappa shape index (κ2) is 7.24. The van der Waals surface area contributed by atoms with Gasteiger partial charge in [0.05, 0.1) is 4.90 Å². The van der Waals surface area contributed by atoms with Crippen LogP contribution in [-0.2, 0) is 16.4 Å². The summed E-state index contributed by atoms with van der Waals surface area (Å²) in [6.07, 6.45) is 2.55. The average molecular weight is 305 g/mol. The SMILES string of the molecule is CCc1cccc(S(=O)(=O)NC2CCNCC2)c1.Cl. The number of rotatable bonds is 4. The normalized spacial score (nSPS) is 16.9. The highest BCUT2D eigenvalue weighted by atomic mass is 35.5. The van der Waals surface area contributed by atoms with Crippen molar-refractivity contribution < 1.29 is 8.42 Å². The van der Waals surface area contributed by atoms with E-state index in [0.29, 0.717) is 4.90 Å². The smallest absolute Gasteiger partial charge is 0.240 e. The van der Waals surface area contributed by atoms with Crippen molar-refractivity contribution in [1.82, 2.24) is 10.0 Å². The molecule has 0 aliphatic carbocycles. The van der Waals surface area contributed by atoms with Gasteiger partial charge in [0, 0.05) is 6.04 Å². The van der Waals surface area contributed by atoms with E-state index < -0.39 is 10.0 Å². The molecule has 2 rings (SSSR count). The molecule has 2 N–H and O–H groups in total. The lowest BCUT2D eigenvalue weighted by Crippen LogP contribution is -2.42. The van der Waals surface area contributed by atoms with Crippen LogP contribution in [0.2, 0.25) is 0 Å². The summed E-state index contributed by atoms with van der Waals surface area (Å²) < 4.78 is 27.3. The van der Waals surface area contributed by atoms with Crippen LogP contribution in [0.15, 0.2) is 29.2 Å². The monoisotopic (exact) mass is 304 g/mol. The zero-order chi connectivity index (χ0) is 13.0. The Kier molecular flexibility index (Phi) is 6.26. The zero-order valence-corrected chi connectivity index (χ0v) is 12.7. The van der Waals surface area contributed by atoms with Gasteiger partial charge in [-0.2, -0.15) is 0 Å². The molecule has 1 aromatic rings. The third-order valence-electron chi connectivity index (χ3n) is 3.28. The standard InChI is InChI=1S/C13H20N2O2S.ClH/c1-2-11-4-3-5-13(10-11)18(16,17)15-12-6-8-14-9-7-12;/h3-5,10,12,14-15H,2,6-9H2,1H3;1H. The molecular formula is C13H21ClN2O2S. The van der Waals surface area contributed by atoms with Gasteiger partial charge in [0.1, 0.15) is 0 Å². The Hall–Kier alpha value is -0.620. The second-order valence-corrected chi connectivity index (χ2v) is 6.36. The van der Waals surface area contributed by atoms with Gasteiger partial charge in [-0.05, 0) is 50.0 Å². The second-order valence-electron chi connectivity index (χ2n) is 4.65. The highest BCUT2D eigenvalue weighted by Gasteiger charge is 2.21. The minimum atomic E-state index is -3.37. The number of hydrogen-bond donors (Lipinski definition) is 2. The Morgan fingerprint density at radius 1 is 1.32 bits per heavy atom. The molecule has 0 radical (unpaired) electrons. The van der Waals surface area contributed by atoms with E-state index in [1.165, 1.54) is 0 Å². The molecule has 6 heteroatoms. The molecule has 0 bridgehead atoms. The maximum atomic E-state index is 12.2. The fraction of sp³-hybridized carbons (Fsp3) is 0.538. The Labute approximate surface area is 121 Å². The highest BCUT2D eigenvalue weighted by Crippen LogP contribution is 2.14.